The van der Waals surface area contributed by atoms with Crippen molar-refractivity contribution in [2.45, 2.75) is 26.4 Å². The maximum Gasteiger partial charge on any atom is 0.328 e. The molecule has 2 aromatic heterocycles. The van der Waals surface area contributed by atoms with Crippen LogP contribution in [0.4, 0.5) is 5.13 Å². The molecule has 6 nitrogen and oxygen atoms in total. The summed E-state index contributed by atoms with van der Waals surface area (Å²) in [5.74, 6) is 0. The second-order valence-corrected chi connectivity index (χ2v) is 4.72. The predicted molar refractivity (Wildman–Crippen MR) is 67.5 cm³/mol. The Hall–Kier alpha value is -1.63. The molecule has 2 aromatic rings. The molecule has 2 heterocycles. The van der Waals surface area contributed by atoms with Crippen molar-refractivity contribution >= 4 is 16.5 Å². The van der Waals surface area contributed by atoms with E-state index in [2.05, 4.69) is 15.5 Å². The van der Waals surface area contributed by atoms with Crippen LogP contribution in [0.5, 0.6) is 0 Å². The highest BCUT2D eigenvalue weighted by atomic mass is 32.1. The first-order chi connectivity index (χ1) is 8.24. The van der Waals surface area contributed by atoms with Crippen LogP contribution in [-0.4, -0.2) is 26.4 Å². The van der Waals surface area contributed by atoms with E-state index in [4.69, 9.17) is 0 Å². The van der Waals surface area contributed by atoms with E-state index < -0.39 is 0 Å². The number of anilines is 1. The third kappa shape index (κ3) is 2.55. The Labute approximate surface area is 103 Å². The fraction of sp³-hybridized carbons (Fsp3) is 0.500. The Morgan fingerprint density at radius 3 is 2.76 bits per heavy atom. The molecular weight excluding hydrogens is 238 g/mol. The number of aryl methyl sites for hydroxylation is 1. The first-order valence-corrected chi connectivity index (χ1v) is 6.32. The number of nitrogens with one attached hydrogen (secondary N) is 1. The fourth-order valence-electron chi connectivity index (χ4n) is 1.55. The van der Waals surface area contributed by atoms with Crippen LogP contribution in [0.2, 0.25) is 0 Å². The van der Waals surface area contributed by atoms with Crippen molar-refractivity contribution in [3.63, 3.8) is 0 Å². The Kier molecular flexibility index (Phi) is 3.58. The first kappa shape index (κ1) is 11.8. The summed E-state index contributed by atoms with van der Waals surface area (Å²) in [5, 5.41) is 12.5. The van der Waals surface area contributed by atoms with Crippen molar-refractivity contribution in [1.82, 2.24) is 19.3 Å². The van der Waals surface area contributed by atoms with Gasteiger partial charge in [0, 0.05) is 26.0 Å². The number of imidazole rings is 1. The van der Waals surface area contributed by atoms with Gasteiger partial charge in [-0.3, -0.25) is 9.13 Å². The molecule has 0 atom stereocenters. The van der Waals surface area contributed by atoms with Gasteiger partial charge < -0.3 is 5.32 Å². The van der Waals surface area contributed by atoms with Gasteiger partial charge in [0.1, 0.15) is 5.01 Å². The van der Waals surface area contributed by atoms with E-state index in [-0.39, 0.29) is 5.69 Å². The molecule has 0 bridgehead atoms. The molecule has 0 fully saturated rings. The summed E-state index contributed by atoms with van der Waals surface area (Å²) < 4.78 is 3.36. The van der Waals surface area contributed by atoms with Crippen LogP contribution in [-0.2, 0) is 13.1 Å². The van der Waals surface area contributed by atoms with Gasteiger partial charge in [-0.05, 0) is 6.42 Å². The summed E-state index contributed by atoms with van der Waals surface area (Å²) in [6, 6.07) is 0. The molecular formula is C10H15N5OS. The highest BCUT2D eigenvalue weighted by Gasteiger charge is 2.07. The Bertz CT molecular complexity index is 541. The molecule has 0 aliphatic rings. The van der Waals surface area contributed by atoms with Gasteiger partial charge in [-0.15, -0.1) is 10.2 Å². The zero-order chi connectivity index (χ0) is 12.3. The van der Waals surface area contributed by atoms with E-state index in [1.165, 1.54) is 11.3 Å². The van der Waals surface area contributed by atoms with Crippen molar-refractivity contribution in [3.8, 4) is 0 Å². The third-order valence-electron chi connectivity index (χ3n) is 2.37. The minimum Gasteiger partial charge on any atom is -0.363 e. The lowest BCUT2D eigenvalue weighted by Crippen LogP contribution is -2.24. The Morgan fingerprint density at radius 1 is 1.35 bits per heavy atom. The number of hydrogen-bond acceptors (Lipinski definition) is 5. The summed E-state index contributed by atoms with van der Waals surface area (Å²) in [4.78, 5) is 11.9. The SMILES string of the molecule is CCCn1ccn(Cc2nnc(NC)s2)c1=O. The standard InChI is InChI=1S/C10H15N5OS/c1-3-4-14-5-6-15(10(14)16)7-8-12-13-9(11-2)17-8/h5-6H,3-4,7H2,1-2H3,(H,11,13). The fourth-order valence-corrected chi connectivity index (χ4v) is 2.24. The van der Waals surface area contributed by atoms with Crippen LogP contribution in [0.3, 0.4) is 0 Å². The summed E-state index contributed by atoms with van der Waals surface area (Å²) in [6.45, 7) is 3.28. The van der Waals surface area contributed by atoms with Crippen LogP contribution >= 0.6 is 11.3 Å². The molecule has 0 saturated carbocycles. The van der Waals surface area contributed by atoms with Crippen LogP contribution in [0.1, 0.15) is 18.4 Å². The van der Waals surface area contributed by atoms with E-state index in [1.54, 1.807) is 22.4 Å². The Morgan fingerprint density at radius 2 is 2.12 bits per heavy atom. The molecule has 0 amide bonds. The van der Waals surface area contributed by atoms with Crippen molar-refractivity contribution in [2.24, 2.45) is 0 Å². The highest BCUT2D eigenvalue weighted by Crippen LogP contribution is 2.14. The molecule has 0 aliphatic carbocycles. The maximum absolute atomic E-state index is 11.9. The quantitative estimate of drug-likeness (QED) is 0.863. The van der Waals surface area contributed by atoms with Crippen LogP contribution in [0.25, 0.3) is 0 Å². The van der Waals surface area contributed by atoms with Crippen LogP contribution in [0.15, 0.2) is 17.2 Å². The molecule has 0 radical (unpaired) electrons. The van der Waals surface area contributed by atoms with Crippen molar-refractivity contribution < 1.29 is 0 Å². The Balaban J connectivity index is 2.16. The third-order valence-corrected chi connectivity index (χ3v) is 3.29. The zero-order valence-corrected chi connectivity index (χ0v) is 10.7. The maximum atomic E-state index is 11.9. The molecule has 0 spiro atoms. The second-order valence-electron chi connectivity index (χ2n) is 3.65. The molecule has 0 saturated heterocycles. The largest absolute Gasteiger partial charge is 0.363 e. The normalized spacial score (nSPS) is 10.7. The lowest BCUT2D eigenvalue weighted by molar-refractivity contribution is 0.622. The molecule has 0 unspecified atom stereocenters. The summed E-state index contributed by atoms with van der Waals surface area (Å²) in [5.41, 5.74) is 0.00746. The van der Waals surface area contributed by atoms with Gasteiger partial charge in [0.25, 0.3) is 0 Å². The minimum absolute atomic E-state index is 0.00746. The van der Waals surface area contributed by atoms with Crippen LogP contribution in [0, 0.1) is 0 Å². The molecule has 17 heavy (non-hydrogen) atoms. The lowest BCUT2D eigenvalue weighted by Gasteiger charge is -1.97. The second kappa shape index (κ2) is 5.13. The summed E-state index contributed by atoms with van der Waals surface area (Å²) in [6.07, 6.45) is 4.55. The van der Waals surface area contributed by atoms with Crippen molar-refractivity contribution in [3.05, 3.63) is 27.9 Å². The topological polar surface area (TPSA) is 64.7 Å². The molecule has 7 heteroatoms. The predicted octanol–water partition coefficient (Wildman–Crippen LogP) is 1.00. The summed E-state index contributed by atoms with van der Waals surface area (Å²) >= 11 is 1.46. The van der Waals surface area contributed by atoms with Gasteiger partial charge >= 0.3 is 5.69 Å². The molecule has 0 aliphatic heterocycles. The molecule has 1 N–H and O–H groups in total. The van der Waals surface area contributed by atoms with Gasteiger partial charge in [0.2, 0.25) is 5.13 Å². The highest BCUT2D eigenvalue weighted by molar-refractivity contribution is 7.15. The number of hydrogen-bond donors (Lipinski definition) is 1. The minimum atomic E-state index is 0.00746. The average Bonchev–Trinajstić information content (AvgIpc) is 2.91. The van der Waals surface area contributed by atoms with Crippen molar-refractivity contribution in [2.75, 3.05) is 12.4 Å². The molecule has 2 rings (SSSR count). The van der Waals surface area contributed by atoms with E-state index >= 15 is 0 Å². The molecule has 92 valence electrons. The van der Waals surface area contributed by atoms with Gasteiger partial charge in [-0.25, -0.2) is 4.79 Å². The van der Waals surface area contributed by atoms with E-state index in [0.717, 1.165) is 23.1 Å². The van der Waals surface area contributed by atoms with E-state index in [0.29, 0.717) is 6.54 Å². The molecule has 0 aromatic carbocycles. The van der Waals surface area contributed by atoms with Crippen LogP contribution < -0.4 is 11.0 Å². The van der Waals surface area contributed by atoms with Gasteiger partial charge in [0.05, 0.1) is 6.54 Å². The lowest BCUT2D eigenvalue weighted by atomic mass is 10.5. The zero-order valence-electron chi connectivity index (χ0n) is 9.88. The van der Waals surface area contributed by atoms with Gasteiger partial charge in [-0.1, -0.05) is 18.3 Å². The first-order valence-electron chi connectivity index (χ1n) is 5.50. The van der Waals surface area contributed by atoms with Gasteiger partial charge in [-0.2, -0.15) is 0 Å². The smallest absolute Gasteiger partial charge is 0.328 e. The van der Waals surface area contributed by atoms with Crippen molar-refractivity contribution in [1.29, 1.82) is 0 Å². The number of nitrogens with zero attached hydrogens (tertiary/aromatic N) is 4. The number of aromatic nitrogens is 4. The average molecular weight is 253 g/mol. The van der Waals surface area contributed by atoms with Gasteiger partial charge in [0.15, 0.2) is 0 Å². The number of rotatable bonds is 5. The van der Waals surface area contributed by atoms with E-state index in [1.807, 2.05) is 13.1 Å². The monoisotopic (exact) mass is 253 g/mol. The summed E-state index contributed by atoms with van der Waals surface area (Å²) in [7, 11) is 1.80. The van der Waals surface area contributed by atoms with E-state index in [9.17, 15) is 4.79 Å².